The standard InChI is InChI=1S/C10H12N2Se/c1-12(2)8-11-10(13)9-6-4-3-5-7-9/h3-8H,1-2H3. The van der Waals surface area contributed by atoms with Gasteiger partial charge in [-0.05, 0) is 0 Å². The quantitative estimate of drug-likeness (QED) is 0.435. The molecule has 1 aromatic carbocycles. The summed E-state index contributed by atoms with van der Waals surface area (Å²) >= 11 is 2.94. The van der Waals surface area contributed by atoms with Gasteiger partial charge >= 0.3 is 86.3 Å². The predicted octanol–water partition coefficient (Wildman–Crippen LogP) is 0.923. The van der Waals surface area contributed by atoms with Gasteiger partial charge in [0.2, 0.25) is 0 Å². The summed E-state index contributed by atoms with van der Waals surface area (Å²) in [6.07, 6.45) is 1.78. The van der Waals surface area contributed by atoms with Gasteiger partial charge in [-0.15, -0.1) is 0 Å². The Morgan fingerprint density at radius 1 is 1.31 bits per heavy atom. The van der Waals surface area contributed by atoms with Crippen LogP contribution in [0.15, 0.2) is 35.3 Å². The molecule has 0 amide bonds. The number of rotatable bonds is 3. The Morgan fingerprint density at radius 3 is 2.46 bits per heavy atom. The van der Waals surface area contributed by atoms with Crippen molar-refractivity contribution in [2.45, 2.75) is 0 Å². The molecule has 0 heterocycles. The summed E-state index contributed by atoms with van der Waals surface area (Å²) in [5, 5.41) is 0. The Morgan fingerprint density at radius 2 is 1.92 bits per heavy atom. The zero-order valence-electron chi connectivity index (χ0n) is 7.77. The molecule has 3 heteroatoms. The first kappa shape index (κ1) is 10.2. The van der Waals surface area contributed by atoms with E-state index in [1.54, 1.807) is 6.34 Å². The SMILES string of the molecule is CN(C)C=NC(=[Se])c1ccccc1. The molecule has 0 bridgehead atoms. The van der Waals surface area contributed by atoms with Gasteiger partial charge in [-0.1, -0.05) is 0 Å². The second-order valence-electron chi connectivity index (χ2n) is 2.88. The number of benzene rings is 1. The molecular weight excluding hydrogens is 227 g/mol. The fourth-order valence-electron chi connectivity index (χ4n) is 0.823. The van der Waals surface area contributed by atoms with Crippen molar-refractivity contribution in [3.8, 4) is 0 Å². The van der Waals surface area contributed by atoms with Crippen molar-refractivity contribution < 1.29 is 0 Å². The summed E-state index contributed by atoms with van der Waals surface area (Å²) in [6.45, 7) is 0. The van der Waals surface area contributed by atoms with Gasteiger partial charge in [0.25, 0.3) is 0 Å². The van der Waals surface area contributed by atoms with Crippen molar-refractivity contribution >= 4 is 26.5 Å². The first-order chi connectivity index (χ1) is 6.20. The van der Waals surface area contributed by atoms with Crippen molar-refractivity contribution in [3.63, 3.8) is 0 Å². The van der Waals surface area contributed by atoms with Crippen molar-refractivity contribution in [3.05, 3.63) is 35.9 Å². The Balaban J connectivity index is 2.70. The van der Waals surface area contributed by atoms with E-state index >= 15 is 0 Å². The zero-order chi connectivity index (χ0) is 9.68. The molecule has 1 aromatic rings. The molecule has 2 nitrogen and oxygen atoms in total. The first-order valence-corrected chi connectivity index (χ1v) is 4.86. The molecule has 1 rings (SSSR count). The van der Waals surface area contributed by atoms with Crippen LogP contribution in [0.4, 0.5) is 0 Å². The van der Waals surface area contributed by atoms with Gasteiger partial charge in [0.15, 0.2) is 0 Å². The predicted molar refractivity (Wildman–Crippen MR) is 58.5 cm³/mol. The average Bonchev–Trinajstić information content (AvgIpc) is 2.15. The zero-order valence-corrected chi connectivity index (χ0v) is 9.48. The minimum atomic E-state index is 0.911. The van der Waals surface area contributed by atoms with Crippen LogP contribution in [0, 0.1) is 0 Å². The van der Waals surface area contributed by atoms with Crippen molar-refractivity contribution in [2.24, 2.45) is 4.99 Å². The molecule has 0 aliphatic rings. The van der Waals surface area contributed by atoms with Crippen LogP contribution in [-0.2, 0) is 0 Å². The average molecular weight is 239 g/mol. The van der Waals surface area contributed by atoms with Gasteiger partial charge < -0.3 is 0 Å². The molecule has 0 saturated carbocycles. The van der Waals surface area contributed by atoms with Crippen molar-refractivity contribution in [1.29, 1.82) is 0 Å². The molecule has 0 N–H and O–H groups in total. The van der Waals surface area contributed by atoms with Gasteiger partial charge in [-0.25, -0.2) is 0 Å². The summed E-state index contributed by atoms with van der Waals surface area (Å²) in [4.78, 5) is 6.16. The van der Waals surface area contributed by atoms with Crippen LogP contribution in [-0.4, -0.2) is 45.5 Å². The van der Waals surface area contributed by atoms with Gasteiger partial charge in [-0.3, -0.25) is 0 Å². The number of aliphatic imine (C=N–C) groups is 1. The molecule has 0 aromatic heterocycles. The van der Waals surface area contributed by atoms with E-state index in [9.17, 15) is 0 Å². The van der Waals surface area contributed by atoms with Gasteiger partial charge in [0.05, 0.1) is 0 Å². The minimum absolute atomic E-state index is 0.911. The van der Waals surface area contributed by atoms with E-state index in [4.69, 9.17) is 0 Å². The summed E-state index contributed by atoms with van der Waals surface area (Å²) < 4.78 is 0.911. The van der Waals surface area contributed by atoms with Crippen LogP contribution in [0.2, 0.25) is 0 Å². The third kappa shape index (κ3) is 3.53. The molecule has 0 saturated heterocycles. The van der Waals surface area contributed by atoms with Crippen molar-refractivity contribution in [1.82, 2.24) is 4.90 Å². The van der Waals surface area contributed by atoms with Crippen molar-refractivity contribution in [2.75, 3.05) is 14.1 Å². The molecule has 0 spiro atoms. The number of hydrogen-bond acceptors (Lipinski definition) is 1. The van der Waals surface area contributed by atoms with Crippen LogP contribution in [0.3, 0.4) is 0 Å². The maximum absolute atomic E-state index is 4.26. The fraction of sp³-hybridized carbons (Fsp3) is 0.200. The third-order valence-corrected chi connectivity index (χ3v) is 2.14. The van der Waals surface area contributed by atoms with E-state index in [0.29, 0.717) is 0 Å². The molecule has 0 radical (unpaired) electrons. The molecule has 0 aliphatic heterocycles. The summed E-state index contributed by atoms with van der Waals surface area (Å²) in [7, 11) is 3.89. The monoisotopic (exact) mass is 240 g/mol. The van der Waals surface area contributed by atoms with Gasteiger partial charge in [0, 0.05) is 0 Å². The third-order valence-electron chi connectivity index (χ3n) is 1.43. The van der Waals surface area contributed by atoms with E-state index < -0.39 is 0 Å². The topological polar surface area (TPSA) is 15.6 Å². The molecule has 0 unspecified atom stereocenters. The summed E-state index contributed by atoms with van der Waals surface area (Å²) in [6, 6.07) is 10.0. The van der Waals surface area contributed by atoms with Crippen LogP contribution in [0.1, 0.15) is 5.56 Å². The molecule has 0 aliphatic carbocycles. The molecule has 13 heavy (non-hydrogen) atoms. The van der Waals surface area contributed by atoms with Crippen LogP contribution in [0.5, 0.6) is 0 Å². The second kappa shape index (κ2) is 4.95. The van der Waals surface area contributed by atoms with Gasteiger partial charge in [0.1, 0.15) is 0 Å². The first-order valence-electron chi connectivity index (χ1n) is 4.00. The van der Waals surface area contributed by atoms with E-state index in [-0.39, 0.29) is 0 Å². The van der Waals surface area contributed by atoms with E-state index in [0.717, 1.165) is 10.1 Å². The molecule has 68 valence electrons. The van der Waals surface area contributed by atoms with Crippen LogP contribution < -0.4 is 0 Å². The summed E-state index contributed by atoms with van der Waals surface area (Å²) in [5.74, 6) is 0. The van der Waals surface area contributed by atoms with E-state index in [1.165, 1.54) is 0 Å². The Kier molecular flexibility index (Phi) is 3.87. The molecule has 0 fully saturated rings. The number of hydrogen-bond donors (Lipinski definition) is 0. The fourth-order valence-corrected chi connectivity index (χ4v) is 1.21. The Labute approximate surface area is 86.6 Å². The Bertz CT molecular complexity index is 304. The Hall–Kier alpha value is -0.921. The van der Waals surface area contributed by atoms with Crippen LogP contribution >= 0.6 is 0 Å². The second-order valence-corrected chi connectivity index (χ2v) is 3.69. The maximum atomic E-state index is 4.26. The van der Waals surface area contributed by atoms with Crippen LogP contribution in [0.25, 0.3) is 0 Å². The van der Waals surface area contributed by atoms with E-state index in [2.05, 4.69) is 20.6 Å². The van der Waals surface area contributed by atoms with E-state index in [1.807, 2.05) is 49.3 Å². The van der Waals surface area contributed by atoms with Gasteiger partial charge in [-0.2, -0.15) is 0 Å². The normalized spacial score (nSPS) is 10.3. The number of nitrogens with zero attached hydrogens (tertiary/aromatic N) is 2. The molecular formula is C10H12N2Se. The molecule has 0 atom stereocenters. The summed E-state index contributed by atoms with van der Waals surface area (Å²) in [5.41, 5.74) is 1.11.